The van der Waals surface area contributed by atoms with E-state index in [9.17, 15) is 4.39 Å². The summed E-state index contributed by atoms with van der Waals surface area (Å²) in [6, 6.07) is 9.47. The van der Waals surface area contributed by atoms with Crippen molar-refractivity contribution in [2.75, 3.05) is 0 Å². The van der Waals surface area contributed by atoms with Crippen LogP contribution in [0, 0.1) is 19.7 Å². The molecule has 0 atom stereocenters. The van der Waals surface area contributed by atoms with Gasteiger partial charge in [0.25, 0.3) is 0 Å². The van der Waals surface area contributed by atoms with Crippen LogP contribution in [-0.4, -0.2) is 9.78 Å². The highest BCUT2D eigenvalue weighted by atomic mass is 19.1. The molecule has 96 valence electrons. The predicted molar refractivity (Wildman–Crippen MR) is 75.6 cm³/mol. The highest BCUT2D eigenvalue weighted by Crippen LogP contribution is 2.27. The zero-order chi connectivity index (χ0) is 13.6. The molecule has 3 aromatic rings. The van der Waals surface area contributed by atoms with Gasteiger partial charge in [-0.15, -0.1) is 0 Å². The predicted octanol–water partition coefficient (Wildman–Crippen LogP) is 4.00. The molecule has 0 amide bonds. The van der Waals surface area contributed by atoms with Crippen LogP contribution in [0.3, 0.4) is 0 Å². The van der Waals surface area contributed by atoms with E-state index in [2.05, 4.69) is 17.2 Å². The van der Waals surface area contributed by atoms with Crippen LogP contribution in [0.15, 0.2) is 36.5 Å². The van der Waals surface area contributed by atoms with Crippen LogP contribution >= 0.6 is 0 Å². The van der Waals surface area contributed by atoms with Gasteiger partial charge in [-0.25, -0.2) is 4.39 Å². The summed E-state index contributed by atoms with van der Waals surface area (Å²) in [7, 11) is 1.91. The van der Waals surface area contributed by atoms with Crippen LogP contribution in [0.1, 0.15) is 11.1 Å². The summed E-state index contributed by atoms with van der Waals surface area (Å²) in [6.07, 6.45) is 1.98. The smallest absolute Gasteiger partial charge is 0.126 e. The first-order chi connectivity index (χ1) is 9.04. The Kier molecular flexibility index (Phi) is 2.63. The van der Waals surface area contributed by atoms with Crippen molar-refractivity contribution in [1.29, 1.82) is 0 Å². The SMILES string of the molecule is Cc1ccc(-c2cc(C)c3nn(C)cc3c2)cc1F. The molecular weight excluding hydrogens is 239 g/mol. The molecule has 0 aliphatic carbocycles. The summed E-state index contributed by atoms with van der Waals surface area (Å²) in [5.41, 5.74) is 4.70. The first-order valence-corrected chi connectivity index (χ1v) is 6.25. The number of rotatable bonds is 1. The van der Waals surface area contributed by atoms with Crippen molar-refractivity contribution in [2.24, 2.45) is 7.05 Å². The maximum atomic E-state index is 13.7. The number of nitrogens with zero attached hydrogens (tertiary/aromatic N) is 2. The van der Waals surface area contributed by atoms with Gasteiger partial charge in [0.2, 0.25) is 0 Å². The fourth-order valence-corrected chi connectivity index (χ4v) is 2.37. The van der Waals surface area contributed by atoms with Crippen LogP contribution in [-0.2, 0) is 7.05 Å². The molecule has 2 aromatic carbocycles. The minimum absolute atomic E-state index is 0.165. The molecular formula is C16H15FN2. The molecule has 19 heavy (non-hydrogen) atoms. The molecule has 0 fully saturated rings. The summed E-state index contributed by atoms with van der Waals surface area (Å²) in [4.78, 5) is 0. The van der Waals surface area contributed by atoms with E-state index >= 15 is 0 Å². The van der Waals surface area contributed by atoms with Crippen molar-refractivity contribution in [1.82, 2.24) is 9.78 Å². The van der Waals surface area contributed by atoms with Crippen LogP contribution < -0.4 is 0 Å². The summed E-state index contributed by atoms with van der Waals surface area (Å²) in [6.45, 7) is 3.80. The molecule has 1 heterocycles. The fourth-order valence-electron chi connectivity index (χ4n) is 2.37. The van der Waals surface area contributed by atoms with Gasteiger partial charge in [0.05, 0.1) is 5.52 Å². The van der Waals surface area contributed by atoms with E-state index < -0.39 is 0 Å². The molecule has 3 heteroatoms. The molecule has 0 saturated heterocycles. The van der Waals surface area contributed by atoms with E-state index in [0.29, 0.717) is 5.56 Å². The van der Waals surface area contributed by atoms with Gasteiger partial charge in [-0.1, -0.05) is 12.1 Å². The zero-order valence-corrected chi connectivity index (χ0v) is 11.2. The Morgan fingerprint density at radius 2 is 1.79 bits per heavy atom. The highest BCUT2D eigenvalue weighted by molar-refractivity contribution is 5.87. The molecule has 3 rings (SSSR count). The summed E-state index contributed by atoms with van der Waals surface area (Å²) in [5, 5.41) is 5.50. The Balaban J connectivity index is 2.21. The highest BCUT2D eigenvalue weighted by Gasteiger charge is 2.07. The van der Waals surface area contributed by atoms with E-state index in [1.165, 1.54) is 0 Å². The molecule has 0 saturated carbocycles. The van der Waals surface area contributed by atoms with Crippen molar-refractivity contribution in [3.63, 3.8) is 0 Å². The summed E-state index contributed by atoms with van der Waals surface area (Å²) < 4.78 is 15.5. The number of fused-ring (bicyclic) bond motifs is 1. The molecule has 0 bridgehead atoms. The maximum absolute atomic E-state index is 13.7. The second-order valence-corrected chi connectivity index (χ2v) is 5.00. The molecule has 2 nitrogen and oxygen atoms in total. The topological polar surface area (TPSA) is 17.8 Å². The van der Waals surface area contributed by atoms with E-state index in [0.717, 1.165) is 27.6 Å². The fraction of sp³-hybridized carbons (Fsp3) is 0.188. The third-order valence-corrected chi connectivity index (χ3v) is 3.42. The third kappa shape index (κ3) is 2.01. The molecule has 1 aromatic heterocycles. The summed E-state index contributed by atoms with van der Waals surface area (Å²) >= 11 is 0. The van der Waals surface area contributed by atoms with E-state index in [4.69, 9.17) is 0 Å². The van der Waals surface area contributed by atoms with E-state index in [1.807, 2.05) is 32.3 Å². The van der Waals surface area contributed by atoms with Gasteiger partial charge in [-0.2, -0.15) is 5.10 Å². The second kappa shape index (κ2) is 4.19. The molecule has 0 spiro atoms. The number of aromatic nitrogens is 2. The number of hydrogen-bond donors (Lipinski definition) is 0. The average Bonchev–Trinajstić information content (AvgIpc) is 2.74. The largest absolute Gasteiger partial charge is 0.275 e. The Morgan fingerprint density at radius 1 is 1.00 bits per heavy atom. The first kappa shape index (κ1) is 11.9. The van der Waals surface area contributed by atoms with Gasteiger partial charge < -0.3 is 0 Å². The molecule has 0 aliphatic rings. The monoisotopic (exact) mass is 254 g/mol. The lowest BCUT2D eigenvalue weighted by atomic mass is 10.00. The second-order valence-electron chi connectivity index (χ2n) is 5.00. The Hall–Kier alpha value is -2.16. The Morgan fingerprint density at radius 3 is 2.53 bits per heavy atom. The van der Waals surface area contributed by atoms with Crippen LogP contribution in [0.5, 0.6) is 0 Å². The minimum Gasteiger partial charge on any atom is -0.275 e. The zero-order valence-electron chi connectivity index (χ0n) is 11.2. The van der Waals surface area contributed by atoms with Gasteiger partial charge in [-0.05, 0) is 54.3 Å². The molecule has 0 unspecified atom stereocenters. The number of hydrogen-bond acceptors (Lipinski definition) is 1. The van der Waals surface area contributed by atoms with Crippen molar-refractivity contribution in [3.05, 3.63) is 53.5 Å². The number of benzene rings is 2. The van der Waals surface area contributed by atoms with Crippen LogP contribution in [0.2, 0.25) is 0 Å². The van der Waals surface area contributed by atoms with Crippen LogP contribution in [0.4, 0.5) is 4.39 Å². The minimum atomic E-state index is -0.165. The lowest BCUT2D eigenvalue weighted by molar-refractivity contribution is 0.619. The first-order valence-electron chi connectivity index (χ1n) is 6.25. The van der Waals surface area contributed by atoms with Gasteiger partial charge in [0.15, 0.2) is 0 Å². The van der Waals surface area contributed by atoms with Gasteiger partial charge in [0, 0.05) is 18.6 Å². The normalized spacial score (nSPS) is 11.2. The lowest BCUT2D eigenvalue weighted by Gasteiger charge is -2.05. The molecule has 0 N–H and O–H groups in total. The lowest BCUT2D eigenvalue weighted by Crippen LogP contribution is -1.87. The van der Waals surface area contributed by atoms with Crippen molar-refractivity contribution in [3.8, 4) is 11.1 Å². The molecule has 0 radical (unpaired) electrons. The number of aryl methyl sites for hydroxylation is 3. The summed E-state index contributed by atoms with van der Waals surface area (Å²) in [5.74, 6) is -0.165. The average molecular weight is 254 g/mol. The van der Waals surface area contributed by atoms with Crippen molar-refractivity contribution in [2.45, 2.75) is 13.8 Å². The maximum Gasteiger partial charge on any atom is 0.126 e. The van der Waals surface area contributed by atoms with Gasteiger partial charge in [-0.3, -0.25) is 4.68 Å². The Labute approximate surface area is 111 Å². The number of halogens is 1. The van der Waals surface area contributed by atoms with Crippen molar-refractivity contribution >= 4 is 10.9 Å². The standard InChI is InChI=1S/C16H15FN2/c1-10-4-5-12(8-15(10)17)13-6-11(2)16-14(7-13)9-19(3)18-16/h4-9H,1-3H3. The van der Waals surface area contributed by atoms with Gasteiger partial charge in [0.1, 0.15) is 5.82 Å². The Bertz CT molecular complexity index is 772. The van der Waals surface area contributed by atoms with E-state index in [-0.39, 0.29) is 5.82 Å². The quantitative estimate of drug-likeness (QED) is 0.642. The molecule has 0 aliphatic heterocycles. The van der Waals surface area contributed by atoms with Crippen molar-refractivity contribution < 1.29 is 4.39 Å². The van der Waals surface area contributed by atoms with E-state index in [1.54, 1.807) is 17.7 Å². The van der Waals surface area contributed by atoms with Gasteiger partial charge >= 0.3 is 0 Å². The third-order valence-electron chi connectivity index (χ3n) is 3.42. The van der Waals surface area contributed by atoms with Crippen LogP contribution in [0.25, 0.3) is 22.0 Å².